The highest BCUT2D eigenvalue weighted by Gasteiger charge is 2.19. The summed E-state index contributed by atoms with van der Waals surface area (Å²) in [7, 11) is 1.47. The lowest BCUT2D eigenvalue weighted by atomic mass is 10.1. The molecule has 0 spiro atoms. The minimum Gasteiger partial charge on any atom is -0.360 e. The number of aromatic amines is 1. The number of urea groups is 1. The van der Waals surface area contributed by atoms with Crippen molar-refractivity contribution in [3.63, 3.8) is 0 Å². The maximum atomic E-state index is 11.9. The van der Waals surface area contributed by atoms with E-state index >= 15 is 0 Å². The van der Waals surface area contributed by atoms with Crippen molar-refractivity contribution >= 4 is 34.6 Å². The van der Waals surface area contributed by atoms with Crippen molar-refractivity contribution in [1.82, 2.24) is 30.4 Å². The zero-order chi connectivity index (χ0) is 21.8. The van der Waals surface area contributed by atoms with Crippen LogP contribution in [0, 0.1) is 6.92 Å². The smallest absolute Gasteiger partial charge is 0.321 e. The van der Waals surface area contributed by atoms with Crippen molar-refractivity contribution in [2.24, 2.45) is 0 Å². The van der Waals surface area contributed by atoms with Crippen molar-refractivity contribution in [2.75, 3.05) is 12.8 Å². The van der Waals surface area contributed by atoms with Gasteiger partial charge in [-0.1, -0.05) is 42.1 Å². The van der Waals surface area contributed by atoms with Crippen LogP contribution in [0.2, 0.25) is 0 Å². The maximum absolute atomic E-state index is 11.9. The molecular weight excluding hydrogens is 412 g/mol. The van der Waals surface area contributed by atoms with Crippen LogP contribution in [0.1, 0.15) is 12.0 Å². The van der Waals surface area contributed by atoms with Crippen LogP contribution in [0.4, 0.5) is 4.79 Å². The molecule has 0 atom stereocenters. The van der Waals surface area contributed by atoms with E-state index < -0.39 is 6.03 Å². The number of amides is 3. The lowest BCUT2D eigenvalue weighted by Gasteiger charge is -2.11. The fraction of sp³-hybridized carbons (Fsp3) is 0.182. The van der Waals surface area contributed by atoms with E-state index in [1.165, 1.54) is 18.8 Å². The SMILES string of the molecule is CNC(=O)NC(=O)CCSc1nnc(-c2c[nH]c3ccccc23)n1-c1cccc(C)c1. The second kappa shape index (κ2) is 9.05. The van der Waals surface area contributed by atoms with Gasteiger partial charge in [0.1, 0.15) is 0 Å². The van der Waals surface area contributed by atoms with E-state index in [0.717, 1.165) is 33.5 Å². The minimum atomic E-state index is -0.514. The molecule has 0 aliphatic carbocycles. The average molecular weight is 435 g/mol. The second-order valence-electron chi connectivity index (χ2n) is 6.95. The molecule has 158 valence electrons. The number of benzene rings is 2. The van der Waals surface area contributed by atoms with Gasteiger partial charge in [0.15, 0.2) is 11.0 Å². The highest BCUT2D eigenvalue weighted by atomic mass is 32.2. The molecule has 3 amide bonds. The molecule has 2 aromatic carbocycles. The first-order valence-electron chi connectivity index (χ1n) is 9.80. The molecule has 0 fully saturated rings. The molecule has 9 heteroatoms. The Kier molecular flexibility index (Phi) is 6.03. The zero-order valence-electron chi connectivity index (χ0n) is 17.2. The van der Waals surface area contributed by atoms with Crippen molar-refractivity contribution in [1.29, 1.82) is 0 Å². The van der Waals surface area contributed by atoms with Gasteiger partial charge in [0.2, 0.25) is 5.91 Å². The van der Waals surface area contributed by atoms with Crippen LogP contribution < -0.4 is 10.6 Å². The highest BCUT2D eigenvalue weighted by Crippen LogP contribution is 2.32. The van der Waals surface area contributed by atoms with Crippen molar-refractivity contribution in [3.8, 4) is 17.1 Å². The summed E-state index contributed by atoms with van der Waals surface area (Å²) in [6, 6.07) is 15.6. The van der Waals surface area contributed by atoms with E-state index in [9.17, 15) is 9.59 Å². The molecule has 31 heavy (non-hydrogen) atoms. The first kappa shape index (κ1) is 20.7. The third-order valence-corrected chi connectivity index (χ3v) is 5.69. The van der Waals surface area contributed by atoms with Gasteiger partial charge in [-0.15, -0.1) is 10.2 Å². The van der Waals surface area contributed by atoms with Crippen molar-refractivity contribution < 1.29 is 9.59 Å². The number of nitrogens with zero attached hydrogens (tertiary/aromatic N) is 3. The number of para-hydroxylation sites is 1. The summed E-state index contributed by atoms with van der Waals surface area (Å²) in [6.45, 7) is 2.04. The third-order valence-electron chi connectivity index (χ3n) is 4.76. The lowest BCUT2D eigenvalue weighted by Crippen LogP contribution is -2.37. The van der Waals surface area contributed by atoms with E-state index in [-0.39, 0.29) is 12.3 Å². The molecular formula is C22H22N6O2S. The zero-order valence-corrected chi connectivity index (χ0v) is 18.0. The number of aromatic nitrogens is 4. The van der Waals surface area contributed by atoms with Crippen LogP contribution in [0.15, 0.2) is 59.9 Å². The number of H-pyrrole nitrogens is 1. The van der Waals surface area contributed by atoms with Crippen LogP contribution in [0.5, 0.6) is 0 Å². The summed E-state index contributed by atoms with van der Waals surface area (Å²) in [5.41, 5.74) is 4.05. The predicted octanol–water partition coefficient (Wildman–Crippen LogP) is 3.66. The molecule has 2 aromatic heterocycles. The van der Waals surface area contributed by atoms with E-state index in [4.69, 9.17) is 0 Å². The summed E-state index contributed by atoms with van der Waals surface area (Å²) < 4.78 is 2.00. The fourth-order valence-electron chi connectivity index (χ4n) is 3.28. The first-order valence-corrected chi connectivity index (χ1v) is 10.8. The third kappa shape index (κ3) is 4.46. The number of aryl methyl sites for hydroxylation is 1. The quantitative estimate of drug-likeness (QED) is 0.402. The Hall–Kier alpha value is -3.59. The highest BCUT2D eigenvalue weighted by molar-refractivity contribution is 7.99. The Labute approximate surface area is 183 Å². The summed E-state index contributed by atoms with van der Waals surface area (Å²) in [4.78, 5) is 26.5. The number of carbonyl (C=O) groups excluding carboxylic acids is 2. The van der Waals surface area contributed by atoms with Gasteiger partial charge < -0.3 is 10.3 Å². The molecule has 3 N–H and O–H groups in total. The van der Waals surface area contributed by atoms with Crippen LogP contribution >= 0.6 is 11.8 Å². The Morgan fingerprint density at radius 1 is 1.13 bits per heavy atom. The summed E-state index contributed by atoms with van der Waals surface area (Å²) >= 11 is 1.42. The van der Waals surface area contributed by atoms with Gasteiger partial charge in [-0.05, 0) is 30.7 Å². The topological polar surface area (TPSA) is 105 Å². The van der Waals surface area contributed by atoms with Crippen molar-refractivity contribution in [3.05, 3.63) is 60.3 Å². The number of hydrogen-bond acceptors (Lipinski definition) is 5. The normalized spacial score (nSPS) is 10.9. The molecule has 4 rings (SSSR count). The number of nitrogens with one attached hydrogen (secondary N) is 3. The van der Waals surface area contributed by atoms with Gasteiger partial charge >= 0.3 is 6.03 Å². The average Bonchev–Trinajstić information content (AvgIpc) is 3.37. The molecule has 0 saturated carbocycles. The molecule has 0 bridgehead atoms. The summed E-state index contributed by atoms with van der Waals surface area (Å²) in [6.07, 6.45) is 2.12. The van der Waals surface area contributed by atoms with Gasteiger partial charge in [0.05, 0.1) is 0 Å². The Morgan fingerprint density at radius 3 is 2.77 bits per heavy atom. The molecule has 0 radical (unpaired) electrons. The molecule has 2 heterocycles. The predicted molar refractivity (Wildman–Crippen MR) is 121 cm³/mol. The number of hydrogen-bond donors (Lipinski definition) is 3. The minimum absolute atomic E-state index is 0.182. The Balaban J connectivity index is 1.67. The maximum Gasteiger partial charge on any atom is 0.321 e. The molecule has 0 aliphatic rings. The first-order chi connectivity index (χ1) is 15.1. The molecule has 0 aliphatic heterocycles. The van der Waals surface area contributed by atoms with Crippen LogP contribution in [-0.2, 0) is 4.79 Å². The summed E-state index contributed by atoms with van der Waals surface area (Å²) in [5.74, 6) is 0.839. The number of fused-ring (bicyclic) bond motifs is 1. The molecule has 0 unspecified atom stereocenters. The molecule has 4 aromatic rings. The van der Waals surface area contributed by atoms with Gasteiger partial charge in [-0.2, -0.15) is 0 Å². The van der Waals surface area contributed by atoms with E-state index in [0.29, 0.717) is 10.9 Å². The molecule has 8 nitrogen and oxygen atoms in total. The largest absolute Gasteiger partial charge is 0.360 e. The number of carbonyl (C=O) groups is 2. The lowest BCUT2D eigenvalue weighted by molar-refractivity contribution is -0.119. The van der Waals surface area contributed by atoms with Crippen LogP contribution in [0.3, 0.4) is 0 Å². The molecule has 0 saturated heterocycles. The Bertz CT molecular complexity index is 1250. The monoisotopic (exact) mass is 434 g/mol. The van der Waals surface area contributed by atoms with Crippen LogP contribution in [-0.4, -0.2) is 44.5 Å². The van der Waals surface area contributed by atoms with Gasteiger partial charge in [0.25, 0.3) is 0 Å². The van der Waals surface area contributed by atoms with E-state index in [2.05, 4.69) is 31.9 Å². The standard InChI is InChI=1S/C22H22N6O2S/c1-14-6-5-7-15(12-14)28-20(17-13-24-18-9-4-3-8-16(17)18)26-27-22(28)31-11-10-19(29)25-21(30)23-2/h3-9,12-13,24H,10-11H2,1-2H3,(H2,23,25,29,30). The number of rotatable bonds is 6. The van der Waals surface area contributed by atoms with Gasteiger partial charge in [0, 0.05) is 47.6 Å². The fourth-order valence-corrected chi connectivity index (χ4v) is 4.17. The Morgan fingerprint density at radius 2 is 1.97 bits per heavy atom. The second-order valence-corrected chi connectivity index (χ2v) is 8.02. The van der Waals surface area contributed by atoms with E-state index in [1.807, 2.05) is 60.2 Å². The van der Waals surface area contributed by atoms with Crippen molar-refractivity contribution in [2.45, 2.75) is 18.5 Å². The number of imide groups is 1. The summed E-state index contributed by atoms with van der Waals surface area (Å²) in [5, 5.41) is 15.3. The van der Waals surface area contributed by atoms with E-state index in [1.54, 1.807) is 0 Å². The van der Waals surface area contributed by atoms with Gasteiger partial charge in [-0.3, -0.25) is 14.7 Å². The van der Waals surface area contributed by atoms with Gasteiger partial charge in [-0.25, -0.2) is 4.79 Å². The van der Waals surface area contributed by atoms with Crippen LogP contribution in [0.25, 0.3) is 28.0 Å². The number of thioether (sulfide) groups is 1.